The molecule has 4 heteroatoms. The van der Waals surface area contributed by atoms with Crippen molar-refractivity contribution in [3.05, 3.63) is 6.20 Å². The molecule has 0 bridgehead atoms. The van der Waals surface area contributed by atoms with Crippen molar-refractivity contribution < 1.29 is 0 Å². The monoisotopic (exact) mass is 197 g/mol. The Balaban J connectivity index is 1.90. The van der Waals surface area contributed by atoms with Gasteiger partial charge in [0.1, 0.15) is 5.00 Å². The average Bonchev–Trinajstić information content (AvgIpc) is 2.52. The fourth-order valence-corrected chi connectivity index (χ4v) is 2.29. The van der Waals surface area contributed by atoms with Gasteiger partial charge in [0.05, 0.1) is 6.20 Å². The van der Waals surface area contributed by atoms with Gasteiger partial charge in [0.2, 0.25) is 0 Å². The number of aromatic nitrogens is 2. The van der Waals surface area contributed by atoms with Gasteiger partial charge in [0, 0.05) is 17.6 Å². The van der Waals surface area contributed by atoms with Gasteiger partial charge in [-0.15, -0.1) is 5.10 Å². The second kappa shape index (κ2) is 4.05. The van der Waals surface area contributed by atoms with Crippen LogP contribution < -0.4 is 5.32 Å². The lowest BCUT2D eigenvalue weighted by Crippen LogP contribution is -2.32. The van der Waals surface area contributed by atoms with Gasteiger partial charge in [0.15, 0.2) is 0 Å². The number of anilines is 1. The van der Waals surface area contributed by atoms with Crippen LogP contribution in [-0.4, -0.2) is 15.6 Å². The van der Waals surface area contributed by atoms with E-state index in [0.717, 1.165) is 10.9 Å². The molecular formula is C9H15N3S. The molecular weight excluding hydrogens is 182 g/mol. The second-order valence-corrected chi connectivity index (χ2v) is 4.42. The van der Waals surface area contributed by atoms with Crippen LogP contribution in [0.4, 0.5) is 5.00 Å². The Morgan fingerprint density at radius 1 is 1.69 bits per heavy atom. The zero-order valence-corrected chi connectivity index (χ0v) is 8.68. The van der Waals surface area contributed by atoms with Crippen LogP contribution in [0.1, 0.15) is 32.6 Å². The number of hydrogen-bond donors (Lipinski definition) is 1. The molecule has 13 heavy (non-hydrogen) atoms. The molecule has 1 saturated carbocycles. The molecule has 1 atom stereocenters. The standard InChI is InChI=1S/C9H15N3S/c1-2-8(7-4-3-5-7)11-9-6-10-12-13-9/h6-8,11H,2-5H2,1H3. The van der Waals surface area contributed by atoms with Gasteiger partial charge in [-0.1, -0.05) is 17.8 Å². The van der Waals surface area contributed by atoms with E-state index in [4.69, 9.17) is 0 Å². The Hall–Kier alpha value is -0.640. The normalized spacial score (nSPS) is 19.5. The van der Waals surface area contributed by atoms with Crippen molar-refractivity contribution in [1.82, 2.24) is 9.59 Å². The molecule has 1 aliphatic rings. The molecule has 0 radical (unpaired) electrons. The highest BCUT2D eigenvalue weighted by Crippen LogP contribution is 2.32. The molecule has 1 N–H and O–H groups in total. The molecule has 0 saturated heterocycles. The first-order valence-corrected chi connectivity index (χ1v) is 5.71. The highest BCUT2D eigenvalue weighted by molar-refractivity contribution is 7.09. The third-order valence-corrected chi connectivity index (χ3v) is 3.44. The second-order valence-electron chi connectivity index (χ2n) is 3.63. The molecule has 0 aromatic carbocycles. The number of nitrogens with zero attached hydrogens (tertiary/aromatic N) is 2. The average molecular weight is 197 g/mol. The molecule has 1 heterocycles. The van der Waals surface area contributed by atoms with Gasteiger partial charge >= 0.3 is 0 Å². The lowest BCUT2D eigenvalue weighted by atomic mass is 9.79. The minimum Gasteiger partial charge on any atom is -0.371 e. The van der Waals surface area contributed by atoms with Gasteiger partial charge in [-0.05, 0) is 25.2 Å². The first kappa shape index (κ1) is 8.94. The van der Waals surface area contributed by atoms with Gasteiger partial charge in [-0.2, -0.15) is 0 Å². The lowest BCUT2D eigenvalue weighted by molar-refractivity contribution is 0.270. The largest absolute Gasteiger partial charge is 0.371 e. The minimum absolute atomic E-state index is 0.635. The first-order chi connectivity index (χ1) is 6.40. The summed E-state index contributed by atoms with van der Waals surface area (Å²) in [6.45, 7) is 2.24. The van der Waals surface area contributed by atoms with Crippen molar-refractivity contribution in [2.45, 2.75) is 38.6 Å². The summed E-state index contributed by atoms with van der Waals surface area (Å²) in [7, 11) is 0. The van der Waals surface area contributed by atoms with Crippen molar-refractivity contribution in [2.75, 3.05) is 5.32 Å². The topological polar surface area (TPSA) is 37.8 Å². The Labute approximate surface area is 82.7 Å². The Kier molecular flexibility index (Phi) is 2.78. The van der Waals surface area contributed by atoms with E-state index in [1.807, 2.05) is 6.20 Å². The number of nitrogens with one attached hydrogen (secondary N) is 1. The van der Waals surface area contributed by atoms with E-state index >= 15 is 0 Å². The van der Waals surface area contributed by atoms with E-state index in [0.29, 0.717) is 6.04 Å². The minimum atomic E-state index is 0.635. The third-order valence-electron chi connectivity index (χ3n) is 2.85. The summed E-state index contributed by atoms with van der Waals surface area (Å²) in [6.07, 6.45) is 7.19. The van der Waals surface area contributed by atoms with Crippen LogP contribution >= 0.6 is 11.5 Å². The lowest BCUT2D eigenvalue weighted by Gasteiger charge is -2.33. The van der Waals surface area contributed by atoms with Crippen LogP contribution in [0.2, 0.25) is 0 Å². The summed E-state index contributed by atoms with van der Waals surface area (Å²) in [5, 5.41) is 8.43. The fraction of sp³-hybridized carbons (Fsp3) is 0.778. The van der Waals surface area contributed by atoms with Crippen LogP contribution in [0, 0.1) is 5.92 Å². The van der Waals surface area contributed by atoms with E-state index in [9.17, 15) is 0 Å². The van der Waals surface area contributed by atoms with E-state index < -0.39 is 0 Å². The summed E-state index contributed by atoms with van der Waals surface area (Å²) in [5.41, 5.74) is 0. The van der Waals surface area contributed by atoms with Crippen molar-refractivity contribution in [3.63, 3.8) is 0 Å². The van der Waals surface area contributed by atoms with Crippen molar-refractivity contribution in [3.8, 4) is 0 Å². The molecule has 0 spiro atoms. The molecule has 1 aromatic rings. The molecule has 3 nitrogen and oxygen atoms in total. The SMILES string of the molecule is CCC(Nc1cnns1)C1CCC1. The fourth-order valence-electron chi connectivity index (χ4n) is 1.81. The quantitative estimate of drug-likeness (QED) is 0.806. The maximum atomic E-state index is 3.84. The van der Waals surface area contributed by atoms with Crippen LogP contribution in [-0.2, 0) is 0 Å². The zero-order valence-electron chi connectivity index (χ0n) is 7.86. The number of hydrogen-bond acceptors (Lipinski definition) is 4. The van der Waals surface area contributed by atoms with Crippen molar-refractivity contribution in [1.29, 1.82) is 0 Å². The molecule has 1 aromatic heterocycles. The van der Waals surface area contributed by atoms with Crippen molar-refractivity contribution >= 4 is 16.5 Å². The first-order valence-electron chi connectivity index (χ1n) is 4.94. The summed E-state index contributed by atoms with van der Waals surface area (Å²) in [5.74, 6) is 0.882. The van der Waals surface area contributed by atoms with Crippen LogP contribution in [0.15, 0.2) is 6.20 Å². The Morgan fingerprint density at radius 2 is 2.54 bits per heavy atom. The maximum absolute atomic E-state index is 3.84. The highest BCUT2D eigenvalue weighted by Gasteiger charge is 2.25. The van der Waals surface area contributed by atoms with E-state index in [1.54, 1.807) is 0 Å². The van der Waals surface area contributed by atoms with Crippen LogP contribution in [0.25, 0.3) is 0 Å². The van der Waals surface area contributed by atoms with Gasteiger partial charge < -0.3 is 5.32 Å². The van der Waals surface area contributed by atoms with E-state index in [-0.39, 0.29) is 0 Å². The van der Waals surface area contributed by atoms with Gasteiger partial charge in [-0.25, -0.2) is 0 Å². The Morgan fingerprint density at radius 3 is 3.00 bits per heavy atom. The van der Waals surface area contributed by atoms with Crippen molar-refractivity contribution in [2.24, 2.45) is 5.92 Å². The van der Waals surface area contributed by atoms with E-state index in [2.05, 4.69) is 21.8 Å². The molecule has 1 fully saturated rings. The van der Waals surface area contributed by atoms with Crippen LogP contribution in [0.5, 0.6) is 0 Å². The summed E-state index contributed by atoms with van der Waals surface area (Å²) in [6, 6.07) is 0.635. The summed E-state index contributed by atoms with van der Waals surface area (Å²) >= 11 is 1.45. The predicted octanol–water partition coefficient (Wildman–Crippen LogP) is 2.53. The van der Waals surface area contributed by atoms with Gasteiger partial charge in [0.25, 0.3) is 0 Å². The van der Waals surface area contributed by atoms with E-state index in [1.165, 1.54) is 37.2 Å². The smallest absolute Gasteiger partial charge is 0.130 e. The molecule has 2 rings (SSSR count). The maximum Gasteiger partial charge on any atom is 0.130 e. The summed E-state index contributed by atoms with van der Waals surface area (Å²) < 4.78 is 3.84. The molecule has 72 valence electrons. The van der Waals surface area contributed by atoms with Gasteiger partial charge in [-0.3, -0.25) is 0 Å². The highest BCUT2D eigenvalue weighted by atomic mass is 32.1. The third kappa shape index (κ3) is 1.99. The van der Waals surface area contributed by atoms with Crippen LogP contribution in [0.3, 0.4) is 0 Å². The number of rotatable bonds is 4. The summed E-state index contributed by atoms with van der Waals surface area (Å²) in [4.78, 5) is 0. The Bertz CT molecular complexity index is 243. The molecule has 1 aliphatic carbocycles. The molecule has 0 amide bonds. The molecule has 1 unspecified atom stereocenters. The molecule has 0 aliphatic heterocycles. The predicted molar refractivity (Wildman–Crippen MR) is 55.0 cm³/mol. The zero-order chi connectivity index (χ0) is 9.10.